The molecule has 182 valence electrons. The van der Waals surface area contributed by atoms with Crippen molar-refractivity contribution in [1.29, 1.82) is 0 Å². The van der Waals surface area contributed by atoms with E-state index in [-0.39, 0.29) is 53.4 Å². The second-order valence-electron chi connectivity index (χ2n) is 9.33. The average Bonchev–Trinajstić information content (AvgIpc) is 2.82. The Morgan fingerprint density at radius 1 is 1.18 bits per heavy atom. The highest BCUT2D eigenvalue weighted by atomic mass is 32.2. The Hall–Kier alpha value is -2.73. The number of alkyl halides is 3. The van der Waals surface area contributed by atoms with Crippen LogP contribution < -0.4 is 5.32 Å². The number of amides is 1. The Morgan fingerprint density at radius 3 is 2.50 bits per heavy atom. The van der Waals surface area contributed by atoms with Gasteiger partial charge in [0.15, 0.2) is 5.69 Å². The SMILES string of the molecule is C[C@@H]1CNc2cc(C(F)(F)F)cnc2C(=O)N1C1CC2(C1)CN(S(=O)(=O)c1ccccc1F)C2. The molecule has 1 aliphatic carbocycles. The molecule has 1 saturated heterocycles. The molecule has 1 amide bonds. The maximum Gasteiger partial charge on any atom is 0.417 e. The lowest BCUT2D eigenvalue weighted by molar-refractivity contribution is -0.137. The predicted octanol–water partition coefficient (Wildman–Crippen LogP) is 3.35. The first kappa shape index (κ1) is 23.0. The predicted molar refractivity (Wildman–Crippen MR) is 114 cm³/mol. The van der Waals surface area contributed by atoms with E-state index in [1.54, 1.807) is 4.90 Å². The quantitative estimate of drug-likeness (QED) is 0.657. The summed E-state index contributed by atoms with van der Waals surface area (Å²) in [6, 6.07) is 5.65. The van der Waals surface area contributed by atoms with Gasteiger partial charge in [-0.2, -0.15) is 17.5 Å². The van der Waals surface area contributed by atoms with Gasteiger partial charge in [0, 0.05) is 43.3 Å². The first-order valence-corrected chi connectivity index (χ1v) is 12.2. The zero-order valence-electron chi connectivity index (χ0n) is 18.1. The molecule has 7 nitrogen and oxygen atoms in total. The summed E-state index contributed by atoms with van der Waals surface area (Å²) in [5.74, 6) is -1.25. The number of hydrogen-bond donors (Lipinski definition) is 1. The Kier molecular flexibility index (Phi) is 5.17. The van der Waals surface area contributed by atoms with Gasteiger partial charge in [-0.1, -0.05) is 12.1 Å². The molecule has 34 heavy (non-hydrogen) atoms. The third-order valence-corrected chi connectivity index (χ3v) is 8.75. The van der Waals surface area contributed by atoms with Gasteiger partial charge >= 0.3 is 6.18 Å². The molecule has 3 aliphatic rings. The van der Waals surface area contributed by atoms with Crippen LogP contribution in [0, 0.1) is 11.2 Å². The van der Waals surface area contributed by atoms with Crippen LogP contribution in [0.4, 0.5) is 23.2 Å². The normalized spacial score (nSPS) is 23.0. The zero-order valence-corrected chi connectivity index (χ0v) is 19.0. The molecular formula is C22H22F4N4O3S. The highest BCUT2D eigenvalue weighted by molar-refractivity contribution is 7.89. The lowest BCUT2D eigenvalue weighted by Crippen LogP contribution is -2.68. The van der Waals surface area contributed by atoms with Crippen molar-refractivity contribution in [3.05, 3.63) is 53.6 Å². The van der Waals surface area contributed by atoms with Crippen molar-refractivity contribution in [3.63, 3.8) is 0 Å². The summed E-state index contributed by atoms with van der Waals surface area (Å²) in [5, 5.41) is 2.90. The maximum absolute atomic E-state index is 14.0. The fourth-order valence-electron chi connectivity index (χ4n) is 5.19. The molecule has 3 heterocycles. The van der Waals surface area contributed by atoms with E-state index in [1.807, 2.05) is 6.92 Å². The molecule has 2 aliphatic heterocycles. The Bertz CT molecular complexity index is 1250. The van der Waals surface area contributed by atoms with Gasteiger partial charge in [-0.15, -0.1) is 0 Å². The van der Waals surface area contributed by atoms with E-state index in [1.165, 1.54) is 22.5 Å². The summed E-state index contributed by atoms with van der Waals surface area (Å²) >= 11 is 0. The minimum absolute atomic E-state index is 0.0500. The second kappa shape index (κ2) is 7.64. The second-order valence-corrected chi connectivity index (χ2v) is 11.2. The topological polar surface area (TPSA) is 82.6 Å². The molecular weight excluding hydrogens is 476 g/mol. The standard InChI is InChI=1S/C22H22F4N4O3S/c1-13-9-27-17-6-14(22(24,25)26)10-28-19(17)20(31)30(13)15-7-21(8-15)11-29(12-21)34(32,33)18-5-3-2-4-16(18)23/h2-6,10,13,15,27H,7-9,11-12H2,1H3/t13-/m1/s1. The Morgan fingerprint density at radius 2 is 1.85 bits per heavy atom. The van der Waals surface area contributed by atoms with Gasteiger partial charge < -0.3 is 10.2 Å². The summed E-state index contributed by atoms with van der Waals surface area (Å²) in [6.45, 7) is 2.54. The molecule has 1 aromatic carbocycles. The highest BCUT2D eigenvalue weighted by Gasteiger charge is 2.58. The summed E-state index contributed by atoms with van der Waals surface area (Å²) in [5.41, 5.74) is -1.23. The zero-order chi connectivity index (χ0) is 24.5. The molecule has 2 fully saturated rings. The monoisotopic (exact) mass is 498 g/mol. The number of fused-ring (bicyclic) bond motifs is 1. The van der Waals surface area contributed by atoms with Gasteiger partial charge in [0.1, 0.15) is 10.7 Å². The van der Waals surface area contributed by atoms with Crippen LogP contribution >= 0.6 is 0 Å². The highest BCUT2D eigenvalue weighted by Crippen LogP contribution is 2.52. The van der Waals surface area contributed by atoms with Gasteiger partial charge in [-0.3, -0.25) is 4.79 Å². The van der Waals surface area contributed by atoms with Crippen LogP contribution in [0.15, 0.2) is 41.4 Å². The van der Waals surface area contributed by atoms with Crippen molar-refractivity contribution in [3.8, 4) is 0 Å². The summed E-state index contributed by atoms with van der Waals surface area (Å²) in [7, 11) is -3.94. The number of carbonyl (C=O) groups excluding carboxylic acids is 1. The van der Waals surface area contributed by atoms with Gasteiger partial charge in [0.05, 0.1) is 11.3 Å². The number of nitrogens with zero attached hydrogens (tertiary/aromatic N) is 3. The van der Waals surface area contributed by atoms with Crippen molar-refractivity contribution in [2.24, 2.45) is 5.41 Å². The van der Waals surface area contributed by atoms with Gasteiger partial charge in [-0.25, -0.2) is 17.8 Å². The molecule has 0 radical (unpaired) electrons. The van der Waals surface area contributed by atoms with Crippen molar-refractivity contribution >= 4 is 21.6 Å². The number of rotatable bonds is 3. The first-order chi connectivity index (χ1) is 15.9. The maximum atomic E-state index is 14.0. The molecule has 1 saturated carbocycles. The van der Waals surface area contributed by atoms with Gasteiger partial charge in [-0.05, 0) is 38.0 Å². The van der Waals surface area contributed by atoms with Crippen molar-refractivity contribution < 1.29 is 30.8 Å². The van der Waals surface area contributed by atoms with Gasteiger partial charge in [0.25, 0.3) is 5.91 Å². The lowest BCUT2D eigenvalue weighted by Gasteiger charge is -2.60. The van der Waals surface area contributed by atoms with E-state index in [2.05, 4.69) is 10.3 Å². The minimum Gasteiger partial charge on any atom is -0.381 e. The van der Waals surface area contributed by atoms with Crippen LogP contribution in [0.25, 0.3) is 0 Å². The number of anilines is 1. The fraction of sp³-hybridized carbons (Fsp3) is 0.455. The number of nitrogens with one attached hydrogen (secondary N) is 1. The summed E-state index contributed by atoms with van der Waals surface area (Å²) in [4.78, 5) is 18.3. The molecule has 1 atom stereocenters. The molecule has 0 bridgehead atoms. The van der Waals surface area contributed by atoms with Crippen LogP contribution in [0.2, 0.25) is 0 Å². The van der Waals surface area contributed by atoms with E-state index in [4.69, 9.17) is 0 Å². The third-order valence-electron chi connectivity index (χ3n) is 6.92. The first-order valence-electron chi connectivity index (χ1n) is 10.8. The lowest BCUT2D eigenvalue weighted by atomic mass is 9.61. The minimum atomic E-state index is -4.57. The van der Waals surface area contributed by atoms with Crippen molar-refractivity contribution in [2.75, 3.05) is 25.0 Å². The Labute approximate surface area is 193 Å². The van der Waals surface area contributed by atoms with Crippen molar-refractivity contribution in [2.45, 2.75) is 42.9 Å². The number of carbonyl (C=O) groups is 1. The van der Waals surface area contributed by atoms with Crippen molar-refractivity contribution in [1.82, 2.24) is 14.2 Å². The van der Waals surface area contributed by atoms with E-state index in [0.717, 1.165) is 12.1 Å². The summed E-state index contributed by atoms with van der Waals surface area (Å²) in [6.07, 6.45) is -2.79. The number of pyridine rings is 1. The molecule has 2 aromatic rings. The summed E-state index contributed by atoms with van der Waals surface area (Å²) < 4.78 is 79.9. The average molecular weight is 499 g/mol. The number of hydrogen-bond acceptors (Lipinski definition) is 5. The molecule has 1 N–H and O–H groups in total. The third kappa shape index (κ3) is 3.63. The molecule has 5 rings (SSSR count). The largest absolute Gasteiger partial charge is 0.417 e. The fourth-order valence-corrected chi connectivity index (χ4v) is 6.92. The van der Waals surface area contributed by atoms with Crippen LogP contribution in [-0.2, 0) is 16.2 Å². The van der Waals surface area contributed by atoms with Crippen LogP contribution in [-0.4, -0.2) is 60.2 Å². The van der Waals surface area contributed by atoms with E-state index in [0.29, 0.717) is 19.0 Å². The van der Waals surface area contributed by atoms with E-state index >= 15 is 0 Å². The molecule has 12 heteroatoms. The smallest absolute Gasteiger partial charge is 0.381 e. The molecule has 1 aromatic heterocycles. The number of sulfonamides is 1. The van der Waals surface area contributed by atoms with Gasteiger partial charge in [0.2, 0.25) is 10.0 Å². The van der Waals surface area contributed by atoms with Crippen LogP contribution in [0.1, 0.15) is 35.8 Å². The molecule has 0 unspecified atom stereocenters. The van der Waals surface area contributed by atoms with E-state index < -0.39 is 33.5 Å². The van der Waals surface area contributed by atoms with E-state index in [9.17, 15) is 30.8 Å². The number of halogens is 4. The van der Waals surface area contributed by atoms with Crippen LogP contribution in [0.5, 0.6) is 0 Å². The number of benzene rings is 1. The Balaban J connectivity index is 1.29. The number of aromatic nitrogens is 1. The van der Waals surface area contributed by atoms with Crippen LogP contribution in [0.3, 0.4) is 0 Å². The molecule has 1 spiro atoms.